The van der Waals surface area contributed by atoms with Gasteiger partial charge in [0, 0.05) is 0 Å². The van der Waals surface area contributed by atoms with Crippen LogP contribution < -0.4 is 11.1 Å². The lowest BCUT2D eigenvalue weighted by atomic mass is 9.75. The average molecular weight is 327 g/mol. The molecule has 1 atom stereocenters. The summed E-state index contributed by atoms with van der Waals surface area (Å²) in [6, 6.07) is 0. The minimum absolute atomic E-state index is 0.203. The smallest absolute Gasteiger partial charge is 0.326 e. The summed E-state index contributed by atoms with van der Waals surface area (Å²) in [5.41, 5.74) is 5.37. The van der Waals surface area contributed by atoms with Gasteiger partial charge in [-0.05, 0) is 59.0 Å². The molecule has 136 valence electrons. The Balaban J connectivity index is 2.62. The zero-order chi connectivity index (χ0) is 17.3. The normalized spacial score (nSPS) is 19.3. The average Bonchev–Trinajstić information content (AvgIpc) is 2.49. The van der Waals surface area contributed by atoms with Gasteiger partial charge in [-0.3, -0.25) is 4.79 Å². The molecule has 0 aromatic rings. The van der Waals surface area contributed by atoms with Crippen LogP contribution in [-0.4, -0.2) is 30.2 Å². The summed E-state index contributed by atoms with van der Waals surface area (Å²) in [7, 11) is 0. The number of hydrogen-bond acceptors (Lipinski definition) is 4. The van der Waals surface area contributed by atoms with Gasteiger partial charge in [0.2, 0.25) is 0 Å². The molecule has 1 unspecified atom stereocenters. The minimum atomic E-state index is -0.819. The van der Waals surface area contributed by atoms with Gasteiger partial charge in [0.15, 0.2) is 0 Å². The molecule has 0 amide bonds. The quantitative estimate of drug-likeness (QED) is 0.500. The molecule has 4 nitrogen and oxygen atoms in total. The Labute approximate surface area is 142 Å². The van der Waals surface area contributed by atoms with E-state index in [4.69, 9.17) is 10.5 Å². The van der Waals surface area contributed by atoms with Crippen molar-refractivity contribution in [2.75, 3.05) is 13.1 Å². The molecule has 0 spiro atoms. The third kappa shape index (κ3) is 7.21. The van der Waals surface area contributed by atoms with E-state index in [1.165, 1.54) is 25.7 Å². The zero-order valence-corrected chi connectivity index (χ0v) is 15.7. The molecule has 1 saturated heterocycles. The Hall–Kier alpha value is -0.610. The standard InChI is InChI=1S/C19H38N2O2/c1-5-6-7-8-9-10-13-19(20,16-11-14-21-15-12-16)17(22)23-18(2,3)4/h16,21H,5-15,20H2,1-4H3. The van der Waals surface area contributed by atoms with Crippen LogP contribution in [0.15, 0.2) is 0 Å². The first-order valence-corrected chi connectivity index (χ1v) is 9.52. The van der Waals surface area contributed by atoms with Crippen LogP contribution in [0.25, 0.3) is 0 Å². The fourth-order valence-electron chi connectivity index (χ4n) is 3.38. The van der Waals surface area contributed by atoms with Gasteiger partial charge < -0.3 is 15.8 Å². The number of carbonyl (C=O) groups excluding carboxylic acids is 1. The Bertz CT molecular complexity index is 346. The molecule has 4 heteroatoms. The zero-order valence-electron chi connectivity index (χ0n) is 15.7. The van der Waals surface area contributed by atoms with Crippen molar-refractivity contribution < 1.29 is 9.53 Å². The third-order valence-electron chi connectivity index (χ3n) is 4.79. The number of ether oxygens (including phenoxy) is 1. The van der Waals surface area contributed by atoms with Crippen LogP contribution in [0.4, 0.5) is 0 Å². The maximum absolute atomic E-state index is 12.8. The summed E-state index contributed by atoms with van der Waals surface area (Å²) in [5, 5.41) is 3.36. The number of carbonyl (C=O) groups is 1. The summed E-state index contributed by atoms with van der Waals surface area (Å²) < 4.78 is 5.67. The molecule has 23 heavy (non-hydrogen) atoms. The fourth-order valence-corrected chi connectivity index (χ4v) is 3.38. The summed E-state index contributed by atoms with van der Waals surface area (Å²) in [6.45, 7) is 9.87. The van der Waals surface area contributed by atoms with Crippen LogP contribution >= 0.6 is 0 Å². The van der Waals surface area contributed by atoms with Crippen LogP contribution in [0.5, 0.6) is 0 Å². The molecule has 0 aliphatic carbocycles. The van der Waals surface area contributed by atoms with E-state index in [2.05, 4.69) is 12.2 Å². The lowest BCUT2D eigenvalue weighted by molar-refractivity contribution is -0.165. The number of nitrogens with two attached hydrogens (primary N) is 1. The van der Waals surface area contributed by atoms with E-state index >= 15 is 0 Å². The summed E-state index contributed by atoms with van der Waals surface area (Å²) in [5.74, 6) is 0.0275. The number of hydrogen-bond donors (Lipinski definition) is 2. The molecule has 1 fully saturated rings. The van der Waals surface area contributed by atoms with Gasteiger partial charge in [-0.15, -0.1) is 0 Å². The van der Waals surface area contributed by atoms with Crippen molar-refractivity contribution in [1.82, 2.24) is 5.32 Å². The van der Waals surface area contributed by atoms with Crippen molar-refractivity contribution >= 4 is 5.97 Å². The summed E-state index contributed by atoms with van der Waals surface area (Å²) in [6.07, 6.45) is 9.94. The van der Waals surface area contributed by atoms with Gasteiger partial charge in [0.05, 0.1) is 0 Å². The lowest BCUT2D eigenvalue weighted by Crippen LogP contribution is -2.58. The van der Waals surface area contributed by atoms with Gasteiger partial charge in [0.25, 0.3) is 0 Å². The molecular weight excluding hydrogens is 288 g/mol. The molecule has 1 heterocycles. The SMILES string of the molecule is CCCCCCCCC(N)(C(=O)OC(C)(C)C)C1CCNCC1. The van der Waals surface area contributed by atoms with Gasteiger partial charge in [-0.2, -0.15) is 0 Å². The number of esters is 1. The Morgan fingerprint density at radius 1 is 1.09 bits per heavy atom. The van der Waals surface area contributed by atoms with Crippen molar-refractivity contribution in [3.8, 4) is 0 Å². The molecule has 0 saturated carbocycles. The van der Waals surface area contributed by atoms with Crippen LogP contribution in [-0.2, 0) is 9.53 Å². The topological polar surface area (TPSA) is 64.4 Å². The lowest BCUT2D eigenvalue weighted by Gasteiger charge is -2.39. The third-order valence-corrected chi connectivity index (χ3v) is 4.79. The van der Waals surface area contributed by atoms with Crippen molar-refractivity contribution in [3.05, 3.63) is 0 Å². The highest BCUT2D eigenvalue weighted by molar-refractivity contribution is 5.81. The molecule has 0 bridgehead atoms. The Morgan fingerprint density at radius 3 is 2.22 bits per heavy atom. The minimum Gasteiger partial charge on any atom is -0.459 e. The second-order valence-corrected chi connectivity index (χ2v) is 8.08. The van der Waals surface area contributed by atoms with Gasteiger partial charge >= 0.3 is 5.97 Å². The molecule has 1 aliphatic rings. The van der Waals surface area contributed by atoms with E-state index in [0.29, 0.717) is 0 Å². The highest BCUT2D eigenvalue weighted by atomic mass is 16.6. The van der Waals surface area contributed by atoms with Gasteiger partial charge in [0.1, 0.15) is 11.1 Å². The number of rotatable bonds is 9. The number of piperidine rings is 1. The first-order chi connectivity index (χ1) is 10.8. The van der Waals surface area contributed by atoms with Crippen molar-refractivity contribution in [2.24, 2.45) is 11.7 Å². The van der Waals surface area contributed by atoms with Crippen molar-refractivity contribution in [3.63, 3.8) is 0 Å². The largest absolute Gasteiger partial charge is 0.459 e. The van der Waals surface area contributed by atoms with E-state index in [9.17, 15) is 4.79 Å². The van der Waals surface area contributed by atoms with E-state index in [1.807, 2.05) is 20.8 Å². The summed E-state index contributed by atoms with van der Waals surface area (Å²) in [4.78, 5) is 12.8. The van der Waals surface area contributed by atoms with E-state index in [1.54, 1.807) is 0 Å². The maximum atomic E-state index is 12.8. The number of unbranched alkanes of at least 4 members (excludes halogenated alkanes) is 5. The van der Waals surface area contributed by atoms with Gasteiger partial charge in [-0.1, -0.05) is 45.4 Å². The first-order valence-electron chi connectivity index (χ1n) is 9.52. The Kier molecular flexibility index (Phi) is 8.56. The van der Waals surface area contributed by atoms with Crippen LogP contribution in [0, 0.1) is 5.92 Å². The fraction of sp³-hybridized carbons (Fsp3) is 0.947. The van der Waals surface area contributed by atoms with E-state index in [-0.39, 0.29) is 11.9 Å². The highest BCUT2D eigenvalue weighted by Crippen LogP contribution is 2.31. The van der Waals surface area contributed by atoms with Gasteiger partial charge in [-0.25, -0.2) is 0 Å². The Morgan fingerprint density at radius 2 is 1.65 bits per heavy atom. The molecule has 3 N–H and O–H groups in total. The highest BCUT2D eigenvalue weighted by Gasteiger charge is 2.44. The van der Waals surface area contributed by atoms with E-state index < -0.39 is 11.1 Å². The van der Waals surface area contributed by atoms with Crippen LogP contribution in [0.2, 0.25) is 0 Å². The maximum Gasteiger partial charge on any atom is 0.326 e. The monoisotopic (exact) mass is 326 g/mol. The number of nitrogens with one attached hydrogen (secondary N) is 1. The predicted molar refractivity (Wildman–Crippen MR) is 96.4 cm³/mol. The van der Waals surface area contributed by atoms with Crippen LogP contribution in [0.3, 0.4) is 0 Å². The predicted octanol–water partition coefficient (Wildman–Crippen LogP) is 3.78. The van der Waals surface area contributed by atoms with Crippen LogP contribution in [0.1, 0.15) is 85.5 Å². The molecule has 0 radical (unpaired) electrons. The second kappa shape index (κ2) is 9.63. The van der Waals surface area contributed by atoms with Crippen molar-refractivity contribution in [2.45, 2.75) is 96.6 Å². The van der Waals surface area contributed by atoms with Crippen molar-refractivity contribution in [1.29, 1.82) is 0 Å². The first kappa shape index (κ1) is 20.4. The van der Waals surface area contributed by atoms with E-state index in [0.717, 1.165) is 45.2 Å². The molecule has 1 aliphatic heterocycles. The molecule has 0 aromatic carbocycles. The molecule has 1 rings (SSSR count). The molecule has 0 aromatic heterocycles. The molecular formula is C19H38N2O2. The summed E-state index contributed by atoms with van der Waals surface area (Å²) >= 11 is 0. The second-order valence-electron chi connectivity index (χ2n) is 8.08.